The predicted molar refractivity (Wildman–Crippen MR) is 102 cm³/mol. The van der Waals surface area contributed by atoms with Crippen molar-refractivity contribution in [2.24, 2.45) is 0 Å². The lowest BCUT2D eigenvalue weighted by atomic mass is 10.1. The third-order valence-electron chi connectivity index (χ3n) is 4.44. The van der Waals surface area contributed by atoms with Gasteiger partial charge in [-0.1, -0.05) is 37.1 Å². The molecule has 3 rings (SSSR count). The summed E-state index contributed by atoms with van der Waals surface area (Å²) >= 11 is 3.45. The molecule has 0 atom stereocenters. The number of halogens is 1. The molecule has 3 nitrogen and oxygen atoms in total. The van der Waals surface area contributed by atoms with E-state index in [1.165, 1.54) is 44.3 Å². The number of nitrogens with one attached hydrogen (secondary N) is 1. The van der Waals surface area contributed by atoms with Gasteiger partial charge < -0.3 is 5.32 Å². The second-order valence-electron chi connectivity index (χ2n) is 6.32. The molecule has 1 N–H and O–H groups in total. The monoisotopic (exact) mass is 386 g/mol. The molecular weight excluding hydrogens is 364 g/mol. The van der Waals surface area contributed by atoms with E-state index >= 15 is 0 Å². The molecule has 126 valence electrons. The van der Waals surface area contributed by atoms with Gasteiger partial charge in [0.25, 0.3) is 5.91 Å². The van der Waals surface area contributed by atoms with Gasteiger partial charge in [-0.05, 0) is 71.7 Å². The van der Waals surface area contributed by atoms with E-state index in [0.29, 0.717) is 5.56 Å². The van der Waals surface area contributed by atoms with Crippen LogP contribution in [0, 0.1) is 0 Å². The molecule has 0 unspecified atom stereocenters. The third-order valence-corrected chi connectivity index (χ3v) is 5.13. The average molecular weight is 387 g/mol. The van der Waals surface area contributed by atoms with Crippen LogP contribution in [0.2, 0.25) is 0 Å². The number of hydrogen-bond donors (Lipinski definition) is 1. The molecule has 2 aromatic rings. The first-order valence-corrected chi connectivity index (χ1v) is 9.39. The maximum atomic E-state index is 12.4. The zero-order chi connectivity index (χ0) is 16.8. The molecule has 1 aliphatic rings. The molecule has 0 aromatic heterocycles. The fourth-order valence-electron chi connectivity index (χ4n) is 3.07. The molecule has 24 heavy (non-hydrogen) atoms. The van der Waals surface area contributed by atoms with Crippen LogP contribution in [0.4, 0.5) is 5.69 Å². The first-order chi connectivity index (χ1) is 11.7. The summed E-state index contributed by atoms with van der Waals surface area (Å²) in [5, 5.41) is 2.94. The molecule has 0 aliphatic carbocycles. The van der Waals surface area contributed by atoms with E-state index in [2.05, 4.69) is 38.3 Å². The summed E-state index contributed by atoms with van der Waals surface area (Å²) in [7, 11) is 0. The van der Waals surface area contributed by atoms with Crippen LogP contribution in [0.15, 0.2) is 53.0 Å². The van der Waals surface area contributed by atoms with Gasteiger partial charge in [-0.15, -0.1) is 0 Å². The summed E-state index contributed by atoms with van der Waals surface area (Å²) in [6.45, 7) is 3.35. The summed E-state index contributed by atoms with van der Waals surface area (Å²) in [6, 6.07) is 15.6. The number of carbonyl (C=O) groups excluding carboxylic acids is 1. The Bertz CT molecular complexity index is 676. The van der Waals surface area contributed by atoms with Gasteiger partial charge in [0.05, 0.1) is 5.69 Å². The summed E-state index contributed by atoms with van der Waals surface area (Å²) < 4.78 is 0.885. The van der Waals surface area contributed by atoms with Crippen LogP contribution in [0.5, 0.6) is 0 Å². The van der Waals surface area contributed by atoms with Crippen molar-refractivity contribution in [1.29, 1.82) is 0 Å². The highest BCUT2D eigenvalue weighted by Crippen LogP contribution is 2.22. The molecule has 1 saturated heterocycles. The van der Waals surface area contributed by atoms with Crippen molar-refractivity contribution < 1.29 is 4.79 Å². The second-order valence-corrected chi connectivity index (χ2v) is 7.18. The van der Waals surface area contributed by atoms with Crippen LogP contribution in [0.25, 0.3) is 0 Å². The predicted octanol–water partition coefficient (Wildman–Crippen LogP) is 5.08. The van der Waals surface area contributed by atoms with Crippen molar-refractivity contribution in [3.8, 4) is 0 Å². The summed E-state index contributed by atoms with van der Waals surface area (Å²) in [5.41, 5.74) is 2.75. The van der Waals surface area contributed by atoms with E-state index in [0.717, 1.165) is 16.7 Å². The van der Waals surface area contributed by atoms with Crippen LogP contribution >= 0.6 is 15.9 Å². The molecule has 1 aliphatic heterocycles. The van der Waals surface area contributed by atoms with E-state index in [1.807, 2.05) is 36.4 Å². The summed E-state index contributed by atoms with van der Waals surface area (Å²) in [6.07, 6.45) is 5.30. The van der Waals surface area contributed by atoms with Crippen LogP contribution in [-0.2, 0) is 6.54 Å². The smallest absolute Gasteiger partial charge is 0.255 e. The number of amides is 1. The first kappa shape index (κ1) is 17.2. The second kappa shape index (κ2) is 8.45. The highest BCUT2D eigenvalue weighted by Gasteiger charge is 2.11. The molecule has 4 heteroatoms. The number of nitrogens with zero attached hydrogens (tertiary/aromatic N) is 1. The fraction of sp³-hybridized carbons (Fsp3) is 0.350. The molecule has 1 amide bonds. The number of rotatable bonds is 4. The van der Waals surface area contributed by atoms with Crippen LogP contribution < -0.4 is 5.32 Å². The Labute approximate surface area is 152 Å². The number of carbonyl (C=O) groups is 1. The summed E-state index contributed by atoms with van der Waals surface area (Å²) in [4.78, 5) is 14.9. The number of likely N-dealkylation sites (tertiary alicyclic amines) is 1. The van der Waals surface area contributed by atoms with Gasteiger partial charge >= 0.3 is 0 Å². The van der Waals surface area contributed by atoms with Crippen LogP contribution in [0.1, 0.15) is 41.6 Å². The molecular formula is C20H23BrN2O. The number of hydrogen-bond acceptors (Lipinski definition) is 2. The number of para-hydroxylation sites is 1. The molecule has 0 bridgehead atoms. The quantitative estimate of drug-likeness (QED) is 0.794. The van der Waals surface area contributed by atoms with Crippen molar-refractivity contribution in [1.82, 2.24) is 4.90 Å². The van der Waals surface area contributed by atoms with Crippen molar-refractivity contribution in [3.63, 3.8) is 0 Å². The molecule has 0 saturated carbocycles. The minimum absolute atomic E-state index is 0.0803. The van der Waals surface area contributed by atoms with Crippen LogP contribution in [0.3, 0.4) is 0 Å². The third kappa shape index (κ3) is 4.68. The Hall–Kier alpha value is -1.65. The number of benzene rings is 2. The lowest BCUT2D eigenvalue weighted by molar-refractivity contribution is 0.102. The molecule has 1 heterocycles. The van der Waals surface area contributed by atoms with Gasteiger partial charge in [0.1, 0.15) is 0 Å². The molecule has 1 fully saturated rings. The van der Waals surface area contributed by atoms with E-state index in [4.69, 9.17) is 0 Å². The van der Waals surface area contributed by atoms with E-state index in [1.54, 1.807) is 0 Å². The van der Waals surface area contributed by atoms with Crippen molar-refractivity contribution >= 4 is 27.5 Å². The van der Waals surface area contributed by atoms with Gasteiger partial charge in [-0.2, -0.15) is 0 Å². The Balaban J connectivity index is 1.61. The lowest BCUT2D eigenvalue weighted by Gasteiger charge is -2.19. The van der Waals surface area contributed by atoms with Gasteiger partial charge in [-0.3, -0.25) is 9.69 Å². The highest BCUT2D eigenvalue weighted by molar-refractivity contribution is 9.10. The average Bonchev–Trinajstić information content (AvgIpc) is 2.86. The SMILES string of the molecule is O=C(Nc1ccccc1Br)c1ccc(CN2CCCCCC2)cc1. The van der Waals surface area contributed by atoms with Gasteiger partial charge in [0.2, 0.25) is 0 Å². The maximum absolute atomic E-state index is 12.4. The zero-order valence-electron chi connectivity index (χ0n) is 13.8. The lowest BCUT2D eigenvalue weighted by Crippen LogP contribution is -2.24. The standard InChI is InChI=1S/C20H23BrN2O/c21-18-7-3-4-8-19(18)22-20(24)17-11-9-16(10-12-17)15-23-13-5-1-2-6-14-23/h3-4,7-12H,1-2,5-6,13-15H2,(H,22,24). The van der Waals surface area contributed by atoms with E-state index in [9.17, 15) is 4.79 Å². The number of anilines is 1. The van der Waals surface area contributed by atoms with E-state index < -0.39 is 0 Å². The van der Waals surface area contributed by atoms with Crippen molar-refractivity contribution in [2.45, 2.75) is 32.2 Å². The minimum atomic E-state index is -0.0803. The van der Waals surface area contributed by atoms with Crippen molar-refractivity contribution in [3.05, 3.63) is 64.1 Å². The van der Waals surface area contributed by atoms with E-state index in [-0.39, 0.29) is 5.91 Å². The van der Waals surface area contributed by atoms with Gasteiger partial charge in [0.15, 0.2) is 0 Å². The fourth-order valence-corrected chi connectivity index (χ4v) is 3.45. The summed E-state index contributed by atoms with van der Waals surface area (Å²) in [5.74, 6) is -0.0803. The molecule has 0 radical (unpaired) electrons. The maximum Gasteiger partial charge on any atom is 0.255 e. The molecule has 0 spiro atoms. The Kier molecular flexibility index (Phi) is 6.05. The van der Waals surface area contributed by atoms with Gasteiger partial charge in [-0.25, -0.2) is 0 Å². The topological polar surface area (TPSA) is 32.3 Å². The largest absolute Gasteiger partial charge is 0.321 e. The highest BCUT2D eigenvalue weighted by atomic mass is 79.9. The Morgan fingerprint density at radius 1 is 0.958 bits per heavy atom. The Morgan fingerprint density at radius 2 is 1.62 bits per heavy atom. The molecule has 2 aromatic carbocycles. The zero-order valence-corrected chi connectivity index (χ0v) is 15.4. The van der Waals surface area contributed by atoms with Gasteiger partial charge in [0, 0.05) is 16.6 Å². The van der Waals surface area contributed by atoms with Crippen molar-refractivity contribution in [2.75, 3.05) is 18.4 Å². The minimum Gasteiger partial charge on any atom is -0.321 e. The normalized spacial score (nSPS) is 15.7. The Morgan fingerprint density at radius 3 is 2.29 bits per heavy atom. The van der Waals surface area contributed by atoms with Crippen LogP contribution in [-0.4, -0.2) is 23.9 Å². The first-order valence-electron chi connectivity index (χ1n) is 8.59.